The highest BCUT2D eigenvalue weighted by Crippen LogP contribution is 2.34. The SMILES string of the molecule is CCc1cc(-c2c(CO)cnc(C)c2O)[nH]c1CC. The summed E-state index contributed by atoms with van der Waals surface area (Å²) in [6.07, 6.45) is 3.48. The second-order valence-corrected chi connectivity index (χ2v) is 4.64. The van der Waals surface area contributed by atoms with Crippen molar-refractivity contribution >= 4 is 0 Å². The summed E-state index contributed by atoms with van der Waals surface area (Å²) in [6, 6.07) is 2.05. The number of hydrogen-bond donors (Lipinski definition) is 3. The zero-order valence-electron chi connectivity index (χ0n) is 11.6. The van der Waals surface area contributed by atoms with Crippen molar-refractivity contribution in [1.82, 2.24) is 9.97 Å². The molecule has 0 aliphatic rings. The number of nitrogens with zero attached hydrogens (tertiary/aromatic N) is 1. The number of rotatable bonds is 4. The van der Waals surface area contributed by atoms with Crippen LogP contribution in [0.1, 0.15) is 36.4 Å². The van der Waals surface area contributed by atoms with Gasteiger partial charge in [-0.1, -0.05) is 13.8 Å². The van der Waals surface area contributed by atoms with Crippen molar-refractivity contribution in [2.24, 2.45) is 0 Å². The zero-order chi connectivity index (χ0) is 14.0. The maximum absolute atomic E-state index is 10.2. The number of aryl methyl sites for hydroxylation is 3. The average Bonchev–Trinajstić information content (AvgIpc) is 2.84. The van der Waals surface area contributed by atoms with E-state index < -0.39 is 0 Å². The molecule has 4 heteroatoms. The van der Waals surface area contributed by atoms with Gasteiger partial charge in [-0.3, -0.25) is 4.98 Å². The number of H-pyrrole nitrogens is 1. The monoisotopic (exact) mass is 260 g/mol. The zero-order valence-corrected chi connectivity index (χ0v) is 11.6. The molecule has 2 aromatic rings. The third-order valence-corrected chi connectivity index (χ3v) is 3.48. The van der Waals surface area contributed by atoms with Crippen molar-refractivity contribution in [3.63, 3.8) is 0 Å². The van der Waals surface area contributed by atoms with Crippen LogP contribution < -0.4 is 0 Å². The topological polar surface area (TPSA) is 69.1 Å². The lowest BCUT2D eigenvalue weighted by molar-refractivity contribution is 0.281. The van der Waals surface area contributed by atoms with Gasteiger partial charge >= 0.3 is 0 Å². The largest absolute Gasteiger partial charge is 0.505 e. The smallest absolute Gasteiger partial charge is 0.146 e. The number of pyridine rings is 1. The Kier molecular flexibility index (Phi) is 3.90. The number of aromatic nitrogens is 2. The summed E-state index contributed by atoms with van der Waals surface area (Å²) in [6.45, 7) is 5.82. The normalized spacial score (nSPS) is 10.9. The molecule has 2 heterocycles. The molecule has 19 heavy (non-hydrogen) atoms. The summed E-state index contributed by atoms with van der Waals surface area (Å²) in [7, 11) is 0. The van der Waals surface area contributed by atoms with Crippen LogP contribution in [-0.4, -0.2) is 20.2 Å². The van der Waals surface area contributed by atoms with Gasteiger partial charge < -0.3 is 15.2 Å². The first-order valence-electron chi connectivity index (χ1n) is 6.61. The van der Waals surface area contributed by atoms with E-state index in [4.69, 9.17) is 0 Å². The van der Waals surface area contributed by atoms with Gasteiger partial charge in [0, 0.05) is 23.0 Å². The molecule has 0 saturated carbocycles. The molecule has 2 rings (SSSR count). The molecule has 0 amide bonds. The molecule has 0 radical (unpaired) electrons. The van der Waals surface area contributed by atoms with E-state index in [1.54, 1.807) is 13.1 Å². The van der Waals surface area contributed by atoms with Crippen molar-refractivity contribution in [3.05, 3.63) is 34.8 Å². The molecule has 0 spiro atoms. The Morgan fingerprint density at radius 1 is 1.21 bits per heavy atom. The number of aliphatic hydroxyl groups excluding tert-OH is 1. The highest BCUT2D eigenvalue weighted by molar-refractivity contribution is 5.72. The Labute approximate surface area is 113 Å². The van der Waals surface area contributed by atoms with E-state index in [9.17, 15) is 10.2 Å². The summed E-state index contributed by atoms with van der Waals surface area (Å²) in [5.41, 5.74) is 5.13. The fourth-order valence-corrected chi connectivity index (χ4v) is 2.36. The lowest BCUT2D eigenvalue weighted by Gasteiger charge is -2.09. The van der Waals surface area contributed by atoms with Gasteiger partial charge in [0.05, 0.1) is 18.0 Å². The third kappa shape index (κ3) is 2.36. The summed E-state index contributed by atoms with van der Waals surface area (Å²) < 4.78 is 0. The van der Waals surface area contributed by atoms with E-state index in [2.05, 4.69) is 23.8 Å². The maximum atomic E-state index is 10.2. The standard InChI is InChI=1S/C15H20N2O2/c1-4-10-6-13(17-12(10)5-2)14-11(8-18)7-16-9(3)15(14)19/h6-7,17-19H,4-5,8H2,1-3H3. The Hall–Kier alpha value is -1.81. The van der Waals surface area contributed by atoms with Crippen LogP contribution in [0.3, 0.4) is 0 Å². The van der Waals surface area contributed by atoms with E-state index in [1.165, 1.54) is 11.3 Å². The maximum Gasteiger partial charge on any atom is 0.146 e. The summed E-state index contributed by atoms with van der Waals surface area (Å²) >= 11 is 0. The highest BCUT2D eigenvalue weighted by Gasteiger charge is 2.16. The molecule has 0 fully saturated rings. The van der Waals surface area contributed by atoms with Gasteiger partial charge in [0.15, 0.2) is 0 Å². The molecular formula is C15H20N2O2. The average molecular weight is 260 g/mol. The van der Waals surface area contributed by atoms with Gasteiger partial charge in [-0.25, -0.2) is 0 Å². The van der Waals surface area contributed by atoms with E-state index in [1.807, 2.05) is 6.07 Å². The summed E-state index contributed by atoms with van der Waals surface area (Å²) in [4.78, 5) is 7.42. The highest BCUT2D eigenvalue weighted by atomic mass is 16.3. The van der Waals surface area contributed by atoms with E-state index in [0.29, 0.717) is 16.8 Å². The number of nitrogens with one attached hydrogen (secondary N) is 1. The Balaban J connectivity index is 2.64. The molecule has 0 saturated heterocycles. The van der Waals surface area contributed by atoms with Crippen molar-refractivity contribution < 1.29 is 10.2 Å². The van der Waals surface area contributed by atoms with Gasteiger partial charge in [-0.2, -0.15) is 0 Å². The first kappa shape index (κ1) is 13.6. The predicted octanol–water partition coefficient (Wildman–Crippen LogP) is 2.71. The Morgan fingerprint density at radius 3 is 2.47 bits per heavy atom. The molecule has 2 aromatic heterocycles. The van der Waals surface area contributed by atoms with E-state index in [0.717, 1.165) is 18.5 Å². The molecular weight excluding hydrogens is 240 g/mol. The fourth-order valence-electron chi connectivity index (χ4n) is 2.36. The second kappa shape index (κ2) is 5.45. The molecule has 0 atom stereocenters. The molecule has 0 aromatic carbocycles. The molecule has 0 unspecified atom stereocenters. The van der Waals surface area contributed by atoms with Gasteiger partial charge in [-0.15, -0.1) is 0 Å². The van der Waals surface area contributed by atoms with Gasteiger partial charge in [-0.05, 0) is 31.4 Å². The second-order valence-electron chi connectivity index (χ2n) is 4.64. The molecule has 0 bridgehead atoms. The first-order valence-corrected chi connectivity index (χ1v) is 6.61. The lowest BCUT2D eigenvalue weighted by atomic mass is 10.0. The van der Waals surface area contributed by atoms with Crippen molar-refractivity contribution in [2.75, 3.05) is 0 Å². The minimum Gasteiger partial charge on any atom is -0.505 e. The molecule has 3 N–H and O–H groups in total. The van der Waals surface area contributed by atoms with E-state index >= 15 is 0 Å². The molecule has 4 nitrogen and oxygen atoms in total. The molecule has 102 valence electrons. The van der Waals surface area contributed by atoms with Crippen LogP contribution in [0.4, 0.5) is 0 Å². The minimum absolute atomic E-state index is 0.137. The van der Waals surface area contributed by atoms with Crippen molar-refractivity contribution in [2.45, 2.75) is 40.2 Å². The van der Waals surface area contributed by atoms with Crippen LogP contribution in [0.5, 0.6) is 5.75 Å². The minimum atomic E-state index is -0.141. The number of hydrogen-bond acceptors (Lipinski definition) is 3. The Morgan fingerprint density at radius 2 is 1.95 bits per heavy atom. The van der Waals surface area contributed by atoms with Crippen LogP contribution in [0, 0.1) is 6.92 Å². The number of aromatic amines is 1. The summed E-state index contributed by atoms with van der Waals surface area (Å²) in [5.74, 6) is 0.137. The van der Waals surface area contributed by atoms with Crippen LogP contribution in [0.2, 0.25) is 0 Å². The van der Waals surface area contributed by atoms with Crippen LogP contribution >= 0.6 is 0 Å². The predicted molar refractivity (Wildman–Crippen MR) is 75.1 cm³/mol. The van der Waals surface area contributed by atoms with Crippen molar-refractivity contribution in [1.29, 1.82) is 0 Å². The van der Waals surface area contributed by atoms with Gasteiger partial charge in [0.25, 0.3) is 0 Å². The molecule has 0 aliphatic heterocycles. The van der Waals surface area contributed by atoms with Gasteiger partial charge in [0.1, 0.15) is 5.75 Å². The fraction of sp³-hybridized carbons (Fsp3) is 0.400. The third-order valence-electron chi connectivity index (χ3n) is 3.48. The van der Waals surface area contributed by atoms with E-state index in [-0.39, 0.29) is 12.4 Å². The quantitative estimate of drug-likeness (QED) is 0.791. The van der Waals surface area contributed by atoms with Crippen LogP contribution in [0.15, 0.2) is 12.3 Å². The van der Waals surface area contributed by atoms with Gasteiger partial charge in [0.2, 0.25) is 0 Å². The lowest BCUT2D eigenvalue weighted by Crippen LogP contribution is -1.95. The number of aliphatic hydroxyl groups is 1. The first-order chi connectivity index (χ1) is 9.12. The molecule has 0 aliphatic carbocycles. The van der Waals surface area contributed by atoms with Crippen LogP contribution in [0.25, 0.3) is 11.3 Å². The Bertz CT molecular complexity index is 567. The number of aromatic hydroxyl groups is 1. The van der Waals surface area contributed by atoms with Crippen molar-refractivity contribution in [3.8, 4) is 17.0 Å². The van der Waals surface area contributed by atoms with Crippen LogP contribution in [-0.2, 0) is 19.4 Å². The summed E-state index contributed by atoms with van der Waals surface area (Å²) in [5, 5.41) is 19.6.